The second kappa shape index (κ2) is 11.3. The number of nitrogen functional groups attached to an aromatic ring is 1. The predicted molar refractivity (Wildman–Crippen MR) is 141 cm³/mol. The van der Waals surface area contributed by atoms with Crippen LogP contribution in [0.3, 0.4) is 0 Å². The summed E-state index contributed by atoms with van der Waals surface area (Å²) >= 11 is 0. The maximum absolute atomic E-state index is 8.89. The van der Waals surface area contributed by atoms with E-state index in [0.717, 1.165) is 41.5 Å². The van der Waals surface area contributed by atoms with Crippen LogP contribution in [0.15, 0.2) is 89.7 Å². The van der Waals surface area contributed by atoms with Crippen molar-refractivity contribution < 1.29 is 19.2 Å². The van der Waals surface area contributed by atoms with E-state index >= 15 is 0 Å². The molecule has 4 aromatic rings. The number of anilines is 1. The first-order valence-corrected chi connectivity index (χ1v) is 11.8. The van der Waals surface area contributed by atoms with Crippen molar-refractivity contribution in [3.8, 4) is 5.75 Å². The molecular formula is C29H29N5O3. The number of nitrogens with two attached hydrogens (primary N) is 1. The number of aliphatic carboxylic acids is 1. The zero-order valence-electron chi connectivity index (χ0n) is 21.1. The van der Waals surface area contributed by atoms with E-state index in [9.17, 15) is 0 Å². The lowest BCUT2D eigenvalue weighted by Crippen LogP contribution is -2.33. The molecule has 3 heterocycles. The molecule has 0 amide bonds. The molecule has 0 aliphatic carbocycles. The molecule has 188 valence electrons. The third-order valence-electron chi connectivity index (χ3n) is 5.90. The van der Waals surface area contributed by atoms with Gasteiger partial charge in [0.1, 0.15) is 17.3 Å². The number of fused-ring (bicyclic) bond motifs is 1. The molecule has 1 aliphatic rings. The standard InChI is InChI=1S/C27H26N5O.C2H4O2/c1-19-6-8-20(9-7-19)18-32-27(28)25(17-30-32)29-16-22-15-23-5-3-4-14-31(23)26(22)21-10-12-24(33-2)13-11-21;1-2(3)4/h3-14,16-17H,15,18,28H2,1-2H3;1H3,(H,3,4)/q+1;/p-1. The smallest absolute Gasteiger partial charge is 0.223 e. The Bertz CT molecular complexity index is 1450. The molecule has 2 aromatic carbocycles. The number of pyridine rings is 1. The van der Waals surface area contributed by atoms with Gasteiger partial charge in [0.15, 0.2) is 11.9 Å². The lowest BCUT2D eigenvalue weighted by molar-refractivity contribution is -0.582. The first-order chi connectivity index (χ1) is 17.9. The van der Waals surface area contributed by atoms with Gasteiger partial charge in [-0.2, -0.15) is 9.67 Å². The highest BCUT2D eigenvalue weighted by molar-refractivity contribution is 5.92. The third-order valence-corrected chi connectivity index (χ3v) is 5.90. The van der Waals surface area contributed by atoms with Crippen molar-refractivity contribution in [1.82, 2.24) is 9.78 Å². The van der Waals surface area contributed by atoms with Crippen LogP contribution in [0.25, 0.3) is 5.70 Å². The number of methoxy groups -OCH3 is 1. The number of allylic oxidation sites excluding steroid dienone is 1. The third kappa shape index (κ3) is 6.10. The van der Waals surface area contributed by atoms with Crippen molar-refractivity contribution >= 4 is 29.4 Å². The van der Waals surface area contributed by atoms with Gasteiger partial charge in [-0.1, -0.05) is 35.9 Å². The van der Waals surface area contributed by atoms with Crippen molar-refractivity contribution in [2.75, 3.05) is 12.8 Å². The lowest BCUT2D eigenvalue weighted by atomic mass is 10.1. The van der Waals surface area contributed by atoms with Crippen LogP contribution in [0, 0.1) is 6.92 Å². The molecule has 1 aliphatic heterocycles. The number of aromatic nitrogens is 3. The summed E-state index contributed by atoms with van der Waals surface area (Å²) in [6.07, 6.45) is 6.52. The molecule has 0 fully saturated rings. The zero-order chi connectivity index (χ0) is 26.4. The quantitative estimate of drug-likeness (QED) is 0.327. The van der Waals surface area contributed by atoms with E-state index < -0.39 is 5.97 Å². The Labute approximate surface area is 216 Å². The first kappa shape index (κ1) is 25.4. The number of nitrogens with zero attached hydrogens (tertiary/aromatic N) is 4. The van der Waals surface area contributed by atoms with Gasteiger partial charge in [-0.25, -0.2) is 4.68 Å². The first-order valence-electron chi connectivity index (χ1n) is 11.8. The van der Waals surface area contributed by atoms with Gasteiger partial charge in [-0.3, -0.25) is 4.99 Å². The van der Waals surface area contributed by atoms with Crippen molar-refractivity contribution in [3.05, 3.63) is 107 Å². The van der Waals surface area contributed by atoms with Crippen LogP contribution < -0.4 is 20.1 Å². The summed E-state index contributed by atoms with van der Waals surface area (Å²) in [6, 6.07) is 22.7. The number of rotatable bonds is 6. The number of carbonyl (C=O) groups excluding carboxylic acids is 1. The Hall–Kier alpha value is -4.72. The Morgan fingerprint density at radius 2 is 1.86 bits per heavy atom. The van der Waals surface area contributed by atoms with Crippen molar-refractivity contribution in [3.63, 3.8) is 0 Å². The monoisotopic (exact) mass is 495 g/mol. The molecule has 0 spiro atoms. The van der Waals surface area contributed by atoms with E-state index in [-0.39, 0.29) is 0 Å². The molecule has 0 saturated heterocycles. The van der Waals surface area contributed by atoms with Gasteiger partial charge in [0.2, 0.25) is 5.70 Å². The second-order valence-corrected chi connectivity index (χ2v) is 8.65. The molecule has 0 unspecified atom stereocenters. The molecule has 2 N–H and O–H groups in total. The number of ether oxygens (including phenoxy) is 1. The van der Waals surface area contributed by atoms with E-state index in [1.807, 2.05) is 24.4 Å². The number of carboxylic acids is 1. The highest BCUT2D eigenvalue weighted by Gasteiger charge is 2.30. The topological polar surface area (TPSA) is 109 Å². The van der Waals surface area contributed by atoms with Crippen molar-refractivity contribution in [2.24, 2.45) is 4.99 Å². The second-order valence-electron chi connectivity index (χ2n) is 8.65. The van der Waals surface area contributed by atoms with Gasteiger partial charge >= 0.3 is 0 Å². The average Bonchev–Trinajstić information content (AvgIpc) is 3.43. The van der Waals surface area contributed by atoms with Crippen LogP contribution in [0.5, 0.6) is 5.75 Å². The summed E-state index contributed by atoms with van der Waals surface area (Å²) < 4.78 is 9.33. The number of hydrogen-bond donors (Lipinski definition) is 1. The van der Waals surface area contributed by atoms with Gasteiger partial charge in [-0.15, -0.1) is 0 Å². The Kier molecular flexibility index (Phi) is 7.78. The summed E-state index contributed by atoms with van der Waals surface area (Å²) in [6.45, 7) is 3.66. The van der Waals surface area contributed by atoms with Gasteiger partial charge in [0.05, 0.1) is 31.8 Å². The fraction of sp³-hybridized carbons (Fsp3) is 0.172. The summed E-state index contributed by atoms with van der Waals surface area (Å²) in [5, 5.41) is 13.3. The van der Waals surface area contributed by atoms with Crippen LogP contribution in [-0.4, -0.2) is 29.1 Å². The van der Waals surface area contributed by atoms with Gasteiger partial charge in [0.25, 0.3) is 0 Å². The summed E-state index contributed by atoms with van der Waals surface area (Å²) in [5.74, 6) is 0.307. The molecule has 0 atom stereocenters. The van der Waals surface area contributed by atoms with Crippen molar-refractivity contribution in [2.45, 2.75) is 26.8 Å². The summed E-state index contributed by atoms with van der Waals surface area (Å²) in [4.78, 5) is 13.6. The zero-order valence-corrected chi connectivity index (χ0v) is 21.1. The molecule has 0 saturated carbocycles. The van der Waals surface area contributed by atoms with E-state index in [1.165, 1.54) is 11.3 Å². The molecule has 8 heteroatoms. The van der Waals surface area contributed by atoms with Gasteiger partial charge in [-0.05, 0) is 43.7 Å². The van der Waals surface area contributed by atoms with E-state index in [2.05, 4.69) is 71.3 Å². The van der Waals surface area contributed by atoms with Crippen molar-refractivity contribution in [1.29, 1.82) is 0 Å². The minimum absolute atomic E-state index is 0.557. The molecule has 0 bridgehead atoms. The number of benzene rings is 2. The average molecular weight is 496 g/mol. The van der Waals surface area contributed by atoms with Crippen LogP contribution in [0.2, 0.25) is 0 Å². The molecule has 37 heavy (non-hydrogen) atoms. The predicted octanol–water partition coefficient (Wildman–Crippen LogP) is 3.09. The summed E-state index contributed by atoms with van der Waals surface area (Å²) in [7, 11) is 1.68. The maximum atomic E-state index is 8.89. The molecule has 8 nitrogen and oxygen atoms in total. The van der Waals surface area contributed by atoms with Crippen LogP contribution in [0.4, 0.5) is 11.5 Å². The maximum Gasteiger partial charge on any atom is 0.223 e. The van der Waals surface area contributed by atoms with Gasteiger partial charge in [0, 0.05) is 29.9 Å². The molecule has 0 radical (unpaired) electrons. The Morgan fingerprint density at radius 1 is 1.16 bits per heavy atom. The lowest BCUT2D eigenvalue weighted by Gasteiger charge is -2.05. The van der Waals surface area contributed by atoms with Crippen LogP contribution >= 0.6 is 0 Å². The Balaban J connectivity index is 0.000000747. The number of hydrogen-bond acceptors (Lipinski definition) is 6. The van der Waals surface area contributed by atoms with Crippen LogP contribution in [-0.2, 0) is 17.8 Å². The number of carbonyl (C=O) groups is 1. The molecular weight excluding hydrogens is 466 g/mol. The fourth-order valence-corrected chi connectivity index (χ4v) is 4.08. The number of aryl methyl sites for hydroxylation is 1. The van der Waals surface area contributed by atoms with Gasteiger partial charge < -0.3 is 20.4 Å². The normalized spacial score (nSPS) is 12.3. The largest absolute Gasteiger partial charge is 0.550 e. The highest BCUT2D eigenvalue weighted by Crippen LogP contribution is 2.27. The number of carboxylic acid groups (broad SMARTS) is 1. The van der Waals surface area contributed by atoms with E-state index in [4.69, 9.17) is 25.4 Å². The Morgan fingerprint density at radius 3 is 2.54 bits per heavy atom. The minimum atomic E-state index is -1.08. The highest BCUT2D eigenvalue weighted by atomic mass is 16.5. The van der Waals surface area contributed by atoms with Crippen LogP contribution in [0.1, 0.15) is 29.3 Å². The summed E-state index contributed by atoms with van der Waals surface area (Å²) in [5.41, 5.74) is 14.0. The SMILES string of the molecule is CC(=O)[O-].COc1ccc(C2=C(C=Nc3cnn(Cc4ccc(C)cc4)c3N)Cc3cccc[n+]32)cc1. The van der Waals surface area contributed by atoms with E-state index in [1.54, 1.807) is 18.0 Å². The number of aliphatic imine (C=N–C) groups is 1. The fourth-order valence-electron chi connectivity index (χ4n) is 4.08. The molecule has 2 aromatic heterocycles. The van der Waals surface area contributed by atoms with E-state index in [0.29, 0.717) is 18.1 Å². The molecule has 5 rings (SSSR count). The minimum Gasteiger partial charge on any atom is -0.550 e.